The van der Waals surface area contributed by atoms with E-state index in [0.717, 1.165) is 5.75 Å². The van der Waals surface area contributed by atoms with E-state index in [9.17, 15) is 14.0 Å². The third-order valence-corrected chi connectivity index (χ3v) is 3.31. The molecule has 0 fully saturated rings. The number of rotatable bonds is 7. The van der Waals surface area contributed by atoms with Gasteiger partial charge in [0.15, 0.2) is 0 Å². The lowest BCUT2D eigenvalue weighted by atomic mass is 10.3. The maximum Gasteiger partial charge on any atom is 0.319 e. The number of nitrogens with one attached hydrogen (secondary N) is 2. The van der Waals surface area contributed by atoms with Crippen LogP contribution >= 0.6 is 11.8 Å². The molecule has 2 amide bonds. The van der Waals surface area contributed by atoms with Crippen LogP contribution in [-0.2, 0) is 4.79 Å². The van der Waals surface area contributed by atoms with Gasteiger partial charge >= 0.3 is 12.0 Å². The second-order valence-corrected chi connectivity index (χ2v) is 5.23. The molecule has 0 aliphatic rings. The fourth-order valence-corrected chi connectivity index (χ4v) is 2.28. The average Bonchev–Trinajstić information content (AvgIpc) is 2.39. The Morgan fingerprint density at radius 1 is 1.40 bits per heavy atom. The largest absolute Gasteiger partial charge is 0.481 e. The lowest BCUT2D eigenvalue weighted by Crippen LogP contribution is -2.30. The second-order valence-electron chi connectivity index (χ2n) is 3.92. The predicted octanol–water partition coefficient (Wildman–Crippen LogP) is 2.92. The Balaban J connectivity index is 2.54. The number of carbonyl (C=O) groups is 2. The molecule has 0 saturated heterocycles. The summed E-state index contributed by atoms with van der Waals surface area (Å²) >= 11 is 1.43. The van der Waals surface area contributed by atoms with Crippen LogP contribution in [0.1, 0.15) is 19.8 Å². The molecule has 110 valence electrons. The monoisotopic (exact) mass is 300 g/mol. The lowest BCUT2D eigenvalue weighted by molar-refractivity contribution is -0.137. The van der Waals surface area contributed by atoms with E-state index in [1.807, 2.05) is 6.92 Å². The first-order chi connectivity index (χ1) is 9.54. The molecule has 0 aromatic heterocycles. The van der Waals surface area contributed by atoms with Gasteiger partial charge in [0, 0.05) is 17.9 Å². The molecule has 0 bridgehead atoms. The van der Waals surface area contributed by atoms with E-state index in [-0.39, 0.29) is 18.7 Å². The van der Waals surface area contributed by atoms with Crippen LogP contribution in [0.25, 0.3) is 0 Å². The molecule has 1 aromatic rings. The molecule has 5 nitrogen and oxygen atoms in total. The highest BCUT2D eigenvalue weighted by atomic mass is 32.2. The molecule has 0 heterocycles. The summed E-state index contributed by atoms with van der Waals surface area (Å²) < 4.78 is 13.7. The number of anilines is 1. The van der Waals surface area contributed by atoms with Crippen molar-refractivity contribution in [2.45, 2.75) is 24.7 Å². The van der Waals surface area contributed by atoms with Gasteiger partial charge in [-0.25, -0.2) is 9.18 Å². The van der Waals surface area contributed by atoms with E-state index >= 15 is 0 Å². The Hall–Kier alpha value is -1.76. The second kappa shape index (κ2) is 8.42. The van der Waals surface area contributed by atoms with Crippen molar-refractivity contribution in [3.63, 3.8) is 0 Å². The summed E-state index contributed by atoms with van der Waals surface area (Å²) in [4.78, 5) is 22.6. The van der Waals surface area contributed by atoms with Crippen molar-refractivity contribution in [1.82, 2.24) is 5.32 Å². The van der Waals surface area contributed by atoms with Crippen molar-refractivity contribution >= 4 is 29.4 Å². The van der Waals surface area contributed by atoms with Crippen molar-refractivity contribution in [2.24, 2.45) is 0 Å². The van der Waals surface area contributed by atoms with Crippen LogP contribution in [0.5, 0.6) is 0 Å². The number of carboxylic acids is 1. The highest BCUT2D eigenvalue weighted by molar-refractivity contribution is 7.99. The van der Waals surface area contributed by atoms with Crippen molar-refractivity contribution in [2.75, 3.05) is 17.6 Å². The van der Waals surface area contributed by atoms with E-state index in [0.29, 0.717) is 11.3 Å². The van der Waals surface area contributed by atoms with Gasteiger partial charge in [0.05, 0.1) is 5.69 Å². The van der Waals surface area contributed by atoms with Crippen molar-refractivity contribution in [3.8, 4) is 0 Å². The molecule has 3 N–H and O–H groups in total. The first-order valence-corrected chi connectivity index (χ1v) is 7.21. The predicted molar refractivity (Wildman–Crippen MR) is 76.7 cm³/mol. The molecular weight excluding hydrogens is 283 g/mol. The first-order valence-electron chi connectivity index (χ1n) is 6.22. The average molecular weight is 300 g/mol. The summed E-state index contributed by atoms with van der Waals surface area (Å²) in [6.07, 6.45) is 0.313. The number of urea groups is 1. The Bertz CT molecular complexity index is 483. The number of thioether (sulfide) groups is 1. The zero-order valence-electron chi connectivity index (χ0n) is 11.1. The van der Waals surface area contributed by atoms with E-state index < -0.39 is 17.8 Å². The lowest BCUT2D eigenvalue weighted by Gasteiger charge is -2.11. The Morgan fingerprint density at radius 3 is 2.80 bits per heavy atom. The minimum Gasteiger partial charge on any atom is -0.481 e. The molecule has 7 heteroatoms. The summed E-state index contributed by atoms with van der Waals surface area (Å²) in [7, 11) is 0. The molecule has 0 spiro atoms. The summed E-state index contributed by atoms with van der Waals surface area (Å²) in [5.41, 5.74) is 0.148. The molecule has 1 rings (SSSR count). The molecular formula is C13H17FN2O3S. The SMILES string of the molecule is CCSc1cccc(F)c1NC(=O)NCCCC(=O)O. The molecule has 0 unspecified atom stereocenters. The van der Waals surface area contributed by atoms with Crippen LogP contribution in [0.4, 0.5) is 14.9 Å². The highest BCUT2D eigenvalue weighted by Crippen LogP contribution is 2.29. The molecule has 1 aromatic carbocycles. The third kappa shape index (κ3) is 5.48. The van der Waals surface area contributed by atoms with E-state index in [1.165, 1.54) is 17.8 Å². The minimum atomic E-state index is -0.914. The van der Waals surface area contributed by atoms with Gasteiger partial charge in [0.1, 0.15) is 5.82 Å². The normalized spacial score (nSPS) is 10.1. The Morgan fingerprint density at radius 2 is 2.15 bits per heavy atom. The third-order valence-electron chi connectivity index (χ3n) is 2.37. The van der Waals surface area contributed by atoms with Gasteiger partial charge in [-0.3, -0.25) is 4.79 Å². The maximum atomic E-state index is 13.7. The van der Waals surface area contributed by atoms with Gasteiger partial charge in [0.2, 0.25) is 0 Å². The van der Waals surface area contributed by atoms with Crippen molar-refractivity contribution in [3.05, 3.63) is 24.0 Å². The number of halogens is 1. The number of aliphatic carboxylic acids is 1. The van der Waals surface area contributed by atoms with Crippen LogP contribution in [0, 0.1) is 5.82 Å². The van der Waals surface area contributed by atoms with Crippen LogP contribution in [-0.4, -0.2) is 29.4 Å². The van der Waals surface area contributed by atoms with Crippen LogP contribution in [0.3, 0.4) is 0 Å². The number of amides is 2. The fraction of sp³-hybridized carbons (Fsp3) is 0.385. The molecule has 0 atom stereocenters. The first kappa shape index (κ1) is 16.3. The highest BCUT2D eigenvalue weighted by Gasteiger charge is 2.11. The molecule has 0 radical (unpaired) electrons. The maximum absolute atomic E-state index is 13.7. The van der Waals surface area contributed by atoms with Crippen LogP contribution in [0.15, 0.2) is 23.1 Å². The van der Waals surface area contributed by atoms with Gasteiger partial charge in [-0.05, 0) is 24.3 Å². The smallest absolute Gasteiger partial charge is 0.319 e. The van der Waals surface area contributed by atoms with Gasteiger partial charge in [-0.1, -0.05) is 13.0 Å². The molecule has 0 saturated carbocycles. The number of carboxylic acid groups (broad SMARTS) is 1. The van der Waals surface area contributed by atoms with Crippen LogP contribution in [0.2, 0.25) is 0 Å². The minimum absolute atomic E-state index is 0.0169. The zero-order chi connectivity index (χ0) is 15.0. The van der Waals surface area contributed by atoms with Gasteiger partial charge in [-0.2, -0.15) is 0 Å². The fourth-order valence-electron chi connectivity index (χ4n) is 1.50. The molecule has 0 aliphatic carbocycles. The molecule has 0 aliphatic heterocycles. The molecule has 20 heavy (non-hydrogen) atoms. The van der Waals surface area contributed by atoms with Crippen LogP contribution < -0.4 is 10.6 Å². The number of para-hydroxylation sites is 1. The summed E-state index contributed by atoms with van der Waals surface area (Å²) in [6.45, 7) is 2.16. The number of hydrogen-bond acceptors (Lipinski definition) is 3. The van der Waals surface area contributed by atoms with Crippen molar-refractivity contribution < 1.29 is 19.1 Å². The van der Waals surface area contributed by atoms with Crippen molar-refractivity contribution in [1.29, 1.82) is 0 Å². The number of benzene rings is 1. The Labute approximate surface area is 120 Å². The van der Waals surface area contributed by atoms with E-state index in [4.69, 9.17) is 5.11 Å². The van der Waals surface area contributed by atoms with E-state index in [2.05, 4.69) is 10.6 Å². The standard InChI is InChI=1S/C13H17FN2O3S/c1-2-20-10-6-3-5-9(14)12(10)16-13(19)15-8-4-7-11(17)18/h3,5-6H,2,4,7-8H2,1H3,(H,17,18)(H2,15,16,19). The van der Waals surface area contributed by atoms with E-state index in [1.54, 1.807) is 12.1 Å². The zero-order valence-corrected chi connectivity index (χ0v) is 11.9. The van der Waals surface area contributed by atoms with Gasteiger partial charge in [-0.15, -0.1) is 11.8 Å². The summed E-state index contributed by atoms with van der Waals surface area (Å²) in [5, 5.41) is 13.4. The topological polar surface area (TPSA) is 78.4 Å². The van der Waals surface area contributed by atoms with Gasteiger partial charge < -0.3 is 15.7 Å². The Kier molecular flexibility index (Phi) is 6.86. The summed E-state index contributed by atoms with van der Waals surface area (Å²) in [6, 6.07) is 4.05. The quantitative estimate of drug-likeness (QED) is 0.534. The number of carbonyl (C=O) groups excluding carboxylic acids is 1. The van der Waals surface area contributed by atoms with Gasteiger partial charge in [0.25, 0.3) is 0 Å². The summed E-state index contributed by atoms with van der Waals surface area (Å²) in [5.74, 6) is -0.648. The number of hydrogen-bond donors (Lipinski definition) is 3.